The van der Waals surface area contributed by atoms with Crippen molar-refractivity contribution in [3.05, 3.63) is 23.9 Å². The Kier molecular flexibility index (Phi) is 3.62. The van der Waals surface area contributed by atoms with Crippen LogP contribution in [0, 0.1) is 0 Å². The Bertz CT molecular complexity index is 190. The zero-order chi connectivity index (χ0) is 7.94. The monoisotopic (exact) mass is 150 g/mol. The first-order chi connectivity index (χ1) is 5.43. The van der Waals surface area contributed by atoms with Gasteiger partial charge in [-0.1, -0.05) is 11.6 Å². The summed E-state index contributed by atoms with van der Waals surface area (Å²) in [5.74, 6) is 0. The number of nitrogens with zero attached hydrogens (tertiary/aromatic N) is 1. The zero-order valence-electron chi connectivity index (χ0n) is 6.88. The minimum absolute atomic E-state index is 1.04. The maximum Gasteiger partial charge on any atom is 0.0267 e. The molecule has 0 unspecified atom stereocenters. The van der Waals surface area contributed by atoms with Crippen molar-refractivity contribution in [1.82, 2.24) is 5.32 Å². The van der Waals surface area contributed by atoms with E-state index in [4.69, 9.17) is 0 Å². The van der Waals surface area contributed by atoms with E-state index in [2.05, 4.69) is 22.5 Å². The summed E-state index contributed by atoms with van der Waals surface area (Å²) >= 11 is 0. The lowest BCUT2D eigenvalue weighted by molar-refractivity contribution is 0.776. The number of nitrogens with one attached hydrogen (secondary N) is 1. The third-order valence-electron chi connectivity index (χ3n) is 1.66. The Morgan fingerprint density at radius 2 is 2.55 bits per heavy atom. The molecule has 0 aromatic carbocycles. The molecule has 0 bridgehead atoms. The minimum atomic E-state index is 1.04. The van der Waals surface area contributed by atoms with Crippen LogP contribution in [0.4, 0.5) is 0 Å². The normalized spacial score (nSPS) is 16.3. The van der Waals surface area contributed by atoms with Gasteiger partial charge >= 0.3 is 0 Å². The van der Waals surface area contributed by atoms with Gasteiger partial charge in [-0.3, -0.25) is 4.99 Å². The third-order valence-corrected chi connectivity index (χ3v) is 1.66. The summed E-state index contributed by atoms with van der Waals surface area (Å²) in [6.07, 6.45) is 10.0. The topological polar surface area (TPSA) is 24.4 Å². The number of aliphatic imine (C=N–C) groups is 1. The average Bonchev–Trinajstić information content (AvgIpc) is 2.28. The molecule has 0 saturated carbocycles. The van der Waals surface area contributed by atoms with Gasteiger partial charge in [0.15, 0.2) is 0 Å². The highest BCUT2D eigenvalue weighted by Crippen LogP contribution is 2.08. The van der Waals surface area contributed by atoms with Gasteiger partial charge in [-0.25, -0.2) is 0 Å². The largest absolute Gasteiger partial charge is 0.319 e. The van der Waals surface area contributed by atoms with Crippen LogP contribution in [0.1, 0.15) is 12.8 Å². The Balaban J connectivity index is 2.38. The second-order valence-corrected chi connectivity index (χ2v) is 2.57. The van der Waals surface area contributed by atoms with Crippen LogP contribution >= 0.6 is 0 Å². The molecule has 0 saturated heterocycles. The number of hydrogen-bond donors (Lipinski definition) is 1. The Labute approximate surface area is 67.7 Å². The summed E-state index contributed by atoms with van der Waals surface area (Å²) in [4.78, 5) is 4.03. The standard InChI is InChI=1S/C9H14N2/c1-10-7-4-9-3-2-6-11-8-5-9/h2,5-6,8,10H,3-4,7H2,1H3. The molecular formula is C9H14N2. The second kappa shape index (κ2) is 4.85. The van der Waals surface area contributed by atoms with E-state index >= 15 is 0 Å². The van der Waals surface area contributed by atoms with Crippen LogP contribution in [0.5, 0.6) is 0 Å². The van der Waals surface area contributed by atoms with Crippen molar-refractivity contribution < 1.29 is 0 Å². The first-order valence-corrected chi connectivity index (χ1v) is 3.94. The molecule has 2 nitrogen and oxygen atoms in total. The molecule has 60 valence electrons. The predicted molar refractivity (Wildman–Crippen MR) is 48.9 cm³/mol. The summed E-state index contributed by atoms with van der Waals surface area (Å²) in [6.45, 7) is 1.05. The molecule has 0 atom stereocenters. The van der Waals surface area contributed by atoms with Crippen LogP contribution in [0.3, 0.4) is 0 Å². The van der Waals surface area contributed by atoms with E-state index in [-0.39, 0.29) is 0 Å². The highest BCUT2D eigenvalue weighted by Gasteiger charge is 1.94. The number of rotatable bonds is 3. The summed E-state index contributed by atoms with van der Waals surface area (Å²) < 4.78 is 0. The van der Waals surface area contributed by atoms with E-state index in [1.807, 2.05) is 19.5 Å². The van der Waals surface area contributed by atoms with Crippen molar-refractivity contribution >= 4 is 6.21 Å². The Hall–Kier alpha value is -0.890. The van der Waals surface area contributed by atoms with Gasteiger partial charge in [0.25, 0.3) is 0 Å². The molecule has 2 heteroatoms. The summed E-state index contributed by atoms with van der Waals surface area (Å²) in [5, 5.41) is 3.13. The van der Waals surface area contributed by atoms with Crippen LogP contribution < -0.4 is 5.32 Å². The molecular weight excluding hydrogens is 136 g/mol. The molecule has 0 spiro atoms. The lowest BCUT2D eigenvalue weighted by atomic mass is 10.1. The molecule has 1 aliphatic heterocycles. The van der Waals surface area contributed by atoms with Crippen molar-refractivity contribution in [3.8, 4) is 0 Å². The number of hydrogen-bond acceptors (Lipinski definition) is 2. The molecule has 0 fully saturated rings. The van der Waals surface area contributed by atoms with Gasteiger partial charge in [0, 0.05) is 12.4 Å². The Morgan fingerprint density at radius 3 is 3.36 bits per heavy atom. The van der Waals surface area contributed by atoms with E-state index in [0.717, 1.165) is 19.4 Å². The van der Waals surface area contributed by atoms with Crippen molar-refractivity contribution in [2.75, 3.05) is 13.6 Å². The fourth-order valence-electron chi connectivity index (χ4n) is 1.00. The van der Waals surface area contributed by atoms with Crippen LogP contribution in [0.2, 0.25) is 0 Å². The molecule has 1 heterocycles. The molecule has 1 aliphatic rings. The van der Waals surface area contributed by atoms with E-state index < -0.39 is 0 Å². The van der Waals surface area contributed by atoms with Crippen LogP contribution in [-0.4, -0.2) is 19.8 Å². The zero-order valence-corrected chi connectivity index (χ0v) is 6.88. The van der Waals surface area contributed by atoms with E-state index in [0.29, 0.717) is 0 Å². The van der Waals surface area contributed by atoms with Gasteiger partial charge in [0.1, 0.15) is 0 Å². The minimum Gasteiger partial charge on any atom is -0.319 e. The van der Waals surface area contributed by atoms with Gasteiger partial charge < -0.3 is 5.32 Å². The van der Waals surface area contributed by atoms with Gasteiger partial charge in [0.05, 0.1) is 0 Å². The van der Waals surface area contributed by atoms with Crippen molar-refractivity contribution in [1.29, 1.82) is 0 Å². The second-order valence-electron chi connectivity index (χ2n) is 2.57. The fourth-order valence-corrected chi connectivity index (χ4v) is 1.00. The van der Waals surface area contributed by atoms with E-state index in [9.17, 15) is 0 Å². The molecule has 0 amide bonds. The van der Waals surface area contributed by atoms with Crippen LogP contribution in [-0.2, 0) is 0 Å². The molecule has 1 rings (SSSR count). The summed E-state index contributed by atoms with van der Waals surface area (Å²) in [5.41, 5.74) is 1.44. The highest BCUT2D eigenvalue weighted by molar-refractivity contribution is 5.73. The number of allylic oxidation sites excluding steroid dienone is 2. The molecule has 0 aliphatic carbocycles. The molecule has 0 radical (unpaired) electrons. The van der Waals surface area contributed by atoms with Gasteiger partial charge in [-0.15, -0.1) is 0 Å². The summed E-state index contributed by atoms with van der Waals surface area (Å²) in [7, 11) is 1.97. The van der Waals surface area contributed by atoms with E-state index in [1.165, 1.54) is 5.57 Å². The first kappa shape index (κ1) is 8.21. The highest BCUT2D eigenvalue weighted by atomic mass is 14.8. The Morgan fingerprint density at radius 1 is 1.64 bits per heavy atom. The fraction of sp³-hybridized carbons (Fsp3) is 0.444. The first-order valence-electron chi connectivity index (χ1n) is 3.94. The SMILES string of the molecule is CNCCC1=CC=NC=CC1. The maximum absolute atomic E-state index is 4.03. The molecule has 11 heavy (non-hydrogen) atoms. The van der Waals surface area contributed by atoms with Crippen molar-refractivity contribution in [2.24, 2.45) is 4.99 Å². The lowest BCUT2D eigenvalue weighted by Gasteiger charge is -2.00. The van der Waals surface area contributed by atoms with Gasteiger partial charge in [-0.05, 0) is 32.5 Å². The summed E-state index contributed by atoms with van der Waals surface area (Å²) in [6, 6.07) is 0. The molecule has 0 aromatic heterocycles. The van der Waals surface area contributed by atoms with Crippen LogP contribution in [0.25, 0.3) is 0 Å². The van der Waals surface area contributed by atoms with Crippen LogP contribution in [0.15, 0.2) is 28.9 Å². The van der Waals surface area contributed by atoms with Gasteiger partial charge in [-0.2, -0.15) is 0 Å². The van der Waals surface area contributed by atoms with Crippen molar-refractivity contribution in [2.45, 2.75) is 12.8 Å². The average molecular weight is 150 g/mol. The van der Waals surface area contributed by atoms with E-state index in [1.54, 1.807) is 0 Å². The smallest absolute Gasteiger partial charge is 0.0267 e. The quantitative estimate of drug-likeness (QED) is 0.648. The van der Waals surface area contributed by atoms with Gasteiger partial charge in [0.2, 0.25) is 0 Å². The maximum atomic E-state index is 4.03. The predicted octanol–water partition coefficient (Wildman–Crippen LogP) is 1.51. The lowest BCUT2D eigenvalue weighted by Crippen LogP contribution is -2.08. The molecule has 0 aromatic rings. The third kappa shape index (κ3) is 3.14. The molecule has 1 N–H and O–H groups in total. The van der Waals surface area contributed by atoms with Crippen molar-refractivity contribution in [3.63, 3.8) is 0 Å².